The maximum absolute atomic E-state index is 13.8. The molecular formula is C33H35ClN4O2. The minimum atomic E-state index is -0.0125. The second kappa shape index (κ2) is 10.2. The molecule has 1 spiro atoms. The van der Waals surface area contributed by atoms with Gasteiger partial charge in [0.05, 0.1) is 16.6 Å². The molecule has 1 aromatic heterocycles. The summed E-state index contributed by atoms with van der Waals surface area (Å²) in [5.74, 6) is 0.125. The van der Waals surface area contributed by atoms with Crippen LogP contribution >= 0.6 is 11.6 Å². The Morgan fingerprint density at radius 3 is 2.42 bits per heavy atom. The molecule has 3 fully saturated rings. The van der Waals surface area contributed by atoms with Gasteiger partial charge >= 0.3 is 0 Å². The lowest BCUT2D eigenvalue weighted by atomic mass is 9.77. The monoisotopic (exact) mass is 554 g/mol. The first-order valence-electron chi connectivity index (χ1n) is 14.7. The zero-order valence-corrected chi connectivity index (χ0v) is 23.5. The van der Waals surface area contributed by atoms with Gasteiger partial charge in [0.1, 0.15) is 0 Å². The van der Waals surface area contributed by atoms with E-state index in [9.17, 15) is 9.59 Å². The molecule has 2 saturated heterocycles. The van der Waals surface area contributed by atoms with E-state index >= 15 is 0 Å². The van der Waals surface area contributed by atoms with Gasteiger partial charge in [0, 0.05) is 55.9 Å². The van der Waals surface area contributed by atoms with Gasteiger partial charge in [-0.2, -0.15) is 0 Å². The zero-order valence-electron chi connectivity index (χ0n) is 22.8. The minimum Gasteiger partial charge on any atom is -0.371 e. The standard InChI is InChI=1S/C33H35ClN4O2/c34-29-4-2-1-3-27(29)32(40)38(26-8-9-26)30-10-7-23-5-6-24(21-28(23)30)31(39)37-20-15-33(22-37)13-18-36(19-14-33)25-11-16-35-17-12-25/h1-6,11-12,16-17,21,26,30H,7-10,13-15,18-20,22H2. The number of carbonyl (C=O) groups is 2. The van der Waals surface area contributed by atoms with Crippen molar-refractivity contribution in [3.05, 3.63) is 94.3 Å². The van der Waals surface area contributed by atoms with Crippen LogP contribution in [0.3, 0.4) is 0 Å². The van der Waals surface area contributed by atoms with E-state index in [2.05, 4.69) is 43.9 Å². The number of halogens is 1. The van der Waals surface area contributed by atoms with Crippen molar-refractivity contribution in [1.82, 2.24) is 14.8 Å². The van der Waals surface area contributed by atoms with Crippen LogP contribution in [0.4, 0.5) is 5.69 Å². The number of nitrogens with zero attached hydrogens (tertiary/aromatic N) is 4. The lowest BCUT2D eigenvalue weighted by Gasteiger charge is -2.40. The molecule has 40 heavy (non-hydrogen) atoms. The van der Waals surface area contributed by atoms with E-state index in [4.69, 9.17) is 11.6 Å². The van der Waals surface area contributed by atoms with Crippen molar-refractivity contribution in [2.75, 3.05) is 31.1 Å². The van der Waals surface area contributed by atoms with E-state index < -0.39 is 0 Å². The molecule has 3 aromatic rings. The van der Waals surface area contributed by atoms with Crippen molar-refractivity contribution >= 4 is 29.1 Å². The summed E-state index contributed by atoms with van der Waals surface area (Å²) in [6, 6.07) is 17.9. The first kappa shape index (κ1) is 25.6. The number of piperidine rings is 1. The van der Waals surface area contributed by atoms with E-state index in [1.54, 1.807) is 6.07 Å². The number of carbonyl (C=O) groups excluding carboxylic acids is 2. The SMILES string of the molecule is O=C(c1ccc2c(c1)C(N(C(=O)c1ccccc1Cl)C1CC1)CC2)N1CCC2(CCN(c3ccncc3)CC2)C1. The second-order valence-electron chi connectivity index (χ2n) is 12.1. The molecule has 1 saturated carbocycles. The highest BCUT2D eigenvalue weighted by molar-refractivity contribution is 6.33. The Bertz CT molecular complexity index is 1430. The fourth-order valence-electron chi connectivity index (χ4n) is 7.18. The van der Waals surface area contributed by atoms with Crippen LogP contribution in [0, 0.1) is 5.41 Å². The highest BCUT2D eigenvalue weighted by Crippen LogP contribution is 2.45. The van der Waals surface area contributed by atoms with Gasteiger partial charge in [0.25, 0.3) is 11.8 Å². The number of hydrogen-bond donors (Lipinski definition) is 0. The largest absolute Gasteiger partial charge is 0.371 e. The van der Waals surface area contributed by atoms with Crippen LogP contribution in [0.25, 0.3) is 0 Å². The number of anilines is 1. The van der Waals surface area contributed by atoms with Crippen molar-refractivity contribution in [3.63, 3.8) is 0 Å². The van der Waals surface area contributed by atoms with E-state index in [1.807, 2.05) is 36.7 Å². The Kier molecular flexibility index (Phi) is 6.54. The van der Waals surface area contributed by atoms with E-state index in [-0.39, 0.29) is 29.3 Å². The third-order valence-corrected chi connectivity index (χ3v) is 9.96. The minimum absolute atomic E-state index is 0.00210. The summed E-state index contributed by atoms with van der Waals surface area (Å²) >= 11 is 6.43. The molecule has 6 nitrogen and oxygen atoms in total. The topological polar surface area (TPSA) is 56.8 Å². The average Bonchev–Trinajstić information content (AvgIpc) is 3.61. The molecule has 3 heterocycles. The van der Waals surface area contributed by atoms with Crippen molar-refractivity contribution in [3.8, 4) is 0 Å². The average molecular weight is 555 g/mol. The van der Waals surface area contributed by atoms with Crippen LogP contribution in [0.5, 0.6) is 0 Å². The number of likely N-dealkylation sites (tertiary alicyclic amines) is 1. The van der Waals surface area contributed by atoms with Crippen LogP contribution < -0.4 is 4.90 Å². The zero-order chi connectivity index (χ0) is 27.3. The van der Waals surface area contributed by atoms with Gasteiger partial charge in [-0.15, -0.1) is 0 Å². The summed E-state index contributed by atoms with van der Waals surface area (Å²) in [6.07, 6.45) is 10.8. The molecule has 1 unspecified atom stereocenters. The molecule has 0 N–H and O–H groups in total. The highest BCUT2D eigenvalue weighted by Gasteiger charge is 2.44. The second-order valence-corrected chi connectivity index (χ2v) is 12.5. The first-order chi connectivity index (χ1) is 19.5. The Labute approximate surface area is 240 Å². The predicted molar refractivity (Wildman–Crippen MR) is 157 cm³/mol. The number of benzene rings is 2. The first-order valence-corrected chi connectivity index (χ1v) is 15.0. The summed E-state index contributed by atoms with van der Waals surface area (Å²) in [7, 11) is 0. The molecule has 7 heteroatoms. The Balaban J connectivity index is 1.07. The fourth-order valence-corrected chi connectivity index (χ4v) is 7.40. The number of fused-ring (bicyclic) bond motifs is 1. The summed E-state index contributed by atoms with van der Waals surface area (Å²) in [5.41, 5.74) is 5.14. The van der Waals surface area contributed by atoms with Gasteiger partial charge in [-0.3, -0.25) is 14.6 Å². The lowest BCUT2D eigenvalue weighted by molar-refractivity contribution is 0.0658. The van der Waals surface area contributed by atoms with Gasteiger partial charge in [-0.05, 0) is 97.9 Å². The number of pyridine rings is 1. The quantitative estimate of drug-likeness (QED) is 0.379. The van der Waals surface area contributed by atoms with E-state index in [0.717, 1.165) is 82.3 Å². The van der Waals surface area contributed by atoms with Gasteiger partial charge in [-0.25, -0.2) is 0 Å². The van der Waals surface area contributed by atoms with Crippen molar-refractivity contribution in [1.29, 1.82) is 0 Å². The summed E-state index contributed by atoms with van der Waals surface area (Å²) < 4.78 is 0. The van der Waals surface area contributed by atoms with Crippen molar-refractivity contribution < 1.29 is 9.59 Å². The molecule has 2 aliphatic heterocycles. The van der Waals surface area contributed by atoms with Gasteiger partial charge in [0.2, 0.25) is 0 Å². The van der Waals surface area contributed by atoms with Crippen LogP contribution in [0.2, 0.25) is 5.02 Å². The van der Waals surface area contributed by atoms with Crippen molar-refractivity contribution in [2.24, 2.45) is 5.41 Å². The van der Waals surface area contributed by atoms with Crippen LogP contribution in [-0.2, 0) is 6.42 Å². The lowest BCUT2D eigenvalue weighted by Crippen LogP contribution is -2.42. The Morgan fingerprint density at radius 2 is 1.68 bits per heavy atom. The van der Waals surface area contributed by atoms with Gasteiger partial charge in [-0.1, -0.05) is 29.8 Å². The number of aromatic nitrogens is 1. The summed E-state index contributed by atoms with van der Waals surface area (Å²) in [4.78, 5) is 38.2. The molecule has 0 radical (unpaired) electrons. The molecule has 0 bridgehead atoms. The number of amides is 2. The summed E-state index contributed by atoms with van der Waals surface area (Å²) in [5, 5.41) is 0.495. The van der Waals surface area contributed by atoms with Gasteiger partial charge < -0.3 is 14.7 Å². The predicted octanol–water partition coefficient (Wildman–Crippen LogP) is 6.16. The van der Waals surface area contributed by atoms with Crippen LogP contribution in [0.15, 0.2) is 67.0 Å². The Morgan fingerprint density at radius 1 is 0.925 bits per heavy atom. The summed E-state index contributed by atoms with van der Waals surface area (Å²) in [6.45, 7) is 3.68. The third kappa shape index (κ3) is 4.66. The maximum Gasteiger partial charge on any atom is 0.256 e. The molecule has 7 rings (SSSR count). The molecule has 2 aromatic carbocycles. The van der Waals surface area contributed by atoms with Gasteiger partial charge in [0.15, 0.2) is 0 Å². The fraction of sp³-hybridized carbons (Fsp3) is 0.424. The Hall–Kier alpha value is -3.38. The third-order valence-electron chi connectivity index (χ3n) is 9.63. The number of rotatable bonds is 5. The number of hydrogen-bond acceptors (Lipinski definition) is 4. The highest BCUT2D eigenvalue weighted by atomic mass is 35.5. The van der Waals surface area contributed by atoms with E-state index in [0.29, 0.717) is 10.6 Å². The van der Waals surface area contributed by atoms with Crippen LogP contribution in [0.1, 0.15) is 76.4 Å². The number of aryl methyl sites for hydroxylation is 1. The normalized spacial score (nSPS) is 21.5. The smallest absolute Gasteiger partial charge is 0.256 e. The maximum atomic E-state index is 13.8. The van der Waals surface area contributed by atoms with Crippen molar-refractivity contribution in [2.45, 2.75) is 57.0 Å². The molecule has 206 valence electrons. The van der Waals surface area contributed by atoms with E-state index in [1.165, 1.54) is 11.3 Å². The molecule has 4 aliphatic rings. The molecule has 1 atom stereocenters. The molecule has 2 amide bonds. The molecule has 2 aliphatic carbocycles. The van der Waals surface area contributed by atoms with Crippen LogP contribution in [-0.4, -0.2) is 58.8 Å². The molecular weight excluding hydrogens is 520 g/mol.